The van der Waals surface area contributed by atoms with Crippen LogP contribution in [0.15, 0.2) is 29.2 Å². The lowest BCUT2D eigenvalue weighted by Gasteiger charge is -2.16. The number of unbranched alkanes of at least 4 members (excludes halogenated alkanes) is 1. The Bertz CT molecular complexity index is 457. The predicted molar refractivity (Wildman–Crippen MR) is 69.1 cm³/mol. The van der Waals surface area contributed by atoms with Gasteiger partial charge in [0, 0.05) is 12.3 Å². The van der Waals surface area contributed by atoms with E-state index in [0.717, 1.165) is 24.8 Å². The van der Waals surface area contributed by atoms with Gasteiger partial charge in [0.2, 0.25) is 0 Å². The fraction of sp³-hybridized carbons (Fsp3) is 0.500. The number of rotatable bonds is 6. The normalized spacial score (nSPS) is 13.6. The molecule has 0 saturated heterocycles. The smallest absolute Gasteiger partial charge is 0.175 e. The van der Waals surface area contributed by atoms with Gasteiger partial charge in [0.15, 0.2) is 9.84 Å². The molecule has 0 amide bonds. The molecule has 1 aromatic carbocycles. The molecule has 17 heavy (non-hydrogen) atoms. The van der Waals surface area contributed by atoms with E-state index in [-0.39, 0.29) is 6.04 Å². The number of nitrogens with two attached hydrogens (primary N) is 1. The maximum Gasteiger partial charge on any atom is 0.175 e. The first-order chi connectivity index (χ1) is 7.99. The average molecular weight is 256 g/mol. The molecule has 5 heteroatoms. The summed E-state index contributed by atoms with van der Waals surface area (Å²) < 4.78 is 22.9. The van der Waals surface area contributed by atoms with Crippen molar-refractivity contribution >= 4 is 9.84 Å². The van der Waals surface area contributed by atoms with E-state index in [9.17, 15) is 8.42 Å². The van der Waals surface area contributed by atoms with E-state index in [2.05, 4.69) is 12.3 Å². The molecule has 0 aliphatic heterocycles. The van der Waals surface area contributed by atoms with Gasteiger partial charge in [-0.05, 0) is 24.1 Å². The third-order valence-electron chi connectivity index (χ3n) is 2.74. The predicted octanol–water partition coefficient (Wildman–Crippen LogP) is 1.78. The highest BCUT2D eigenvalue weighted by molar-refractivity contribution is 7.90. The molecule has 0 aromatic heterocycles. The molecule has 0 heterocycles. The van der Waals surface area contributed by atoms with Crippen molar-refractivity contribution in [3.8, 4) is 0 Å². The largest absolute Gasteiger partial charge is 0.271 e. The third-order valence-corrected chi connectivity index (χ3v) is 3.85. The Hall–Kier alpha value is -0.910. The van der Waals surface area contributed by atoms with Gasteiger partial charge in [-0.25, -0.2) is 8.42 Å². The molecule has 0 bridgehead atoms. The molecule has 1 atom stereocenters. The minimum absolute atomic E-state index is 0.0108. The summed E-state index contributed by atoms with van der Waals surface area (Å²) in [5.41, 5.74) is 3.66. The van der Waals surface area contributed by atoms with Crippen molar-refractivity contribution in [2.75, 3.05) is 6.26 Å². The number of hydrogen-bond acceptors (Lipinski definition) is 4. The summed E-state index contributed by atoms with van der Waals surface area (Å²) in [5, 5.41) is 0. The Morgan fingerprint density at radius 1 is 1.41 bits per heavy atom. The van der Waals surface area contributed by atoms with Crippen LogP contribution in [0.4, 0.5) is 0 Å². The minimum atomic E-state index is -3.16. The fourth-order valence-electron chi connectivity index (χ4n) is 1.72. The molecule has 0 saturated carbocycles. The molecule has 0 fully saturated rings. The molecule has 0 aliphatic carbocycles. The van der Waals surface area contributed by atoms with Crippen molar-refractivity contribution in [1.82, 2.24) is 5.43 Å². The highest BCUT2D eigenvalue weighted by Crippen LogP contribution is 2.21. The van der Waals surface area contributed by atoms with Crippen molar-refractivity contribution in [2.45, 2.75) is 37.1 Å². The van der Waals surface area contributed by atoms with E-state index in [1.54, 1.807) is 18.2 Å². The monoisotopic (exact) mass is 256 g/mol. The molecule has 1 rings (SSSR count). The maximum absolute atomic E-state index is 11.5. The minimum Gasteiger partial charge on any atom is -0.271 e. The van der Waals surface area contributed by atoms with Crippen LogP contribution in [0, 0.1) is 0 Å². The molecule has 0 aliphatic rings. The Morgan fingerprint density at radius 3 is 2.65 bits per heavy atom. The second kappa shape index (κ2) is 6.14. The first kappa shape index (κ1) is 14.2. The van der Waals surface area contributed by atoms with Gasteiger partial charge in [-0.3, -0.25) is 11.3 Å². The zero-order valence-electron chi connectivity index (χ0n) is 10.3. The highest BCUT2D eigenvalue weighted by Gasteiger charge is 2.12. The van der Waals surface area contributed by atoms with Crippen LogP contribution in [-0.4, -0.2) is 14.7 Å². The van der Waals surface area contributed by atoms with E-state index >= 15 is 0 Å². The lowest BCUT2D eigenvalue weighted by molar-refractivity contribution is 0.494. The summed E-state index contributed by atoms with van der Waals surface area (Å²) >= 11 is 0. The molecule has 0 radical (unpaired) electrons. The van der Waals surface area contributed by atoms with Gasteiger partial charge in [-0.2, -0.15) is 0 Å². The summed E-state index contributed by atoms with van der Waals surface area (Å²) in [5.74, 6) is 5.51. The van der Waals surface area contributed by atoms with Crippen molar-refractivity contribution in [3.63, 3.8) is 0 Å². The van der Waals surface area contributed by atoms with Crippen LogP contribution >= 0.6 is 0 Å². The van der Waals surface area contributed by atoms with Crippen molar-refractivity contribution in [3.05, 3.63) is 29.8 Å². The zero-order chi connectivity index (χ0) is 12.9. The van der Waals surface area contributed by atoms with Crippen LogP contribution in [0.1, 0.15) is 37.8 Å². The Kier molecular flexibility index (Phi) is 5.11. The van der Waals surface area contributed by atoms with Crippen molar-refractivity contribution in [2.24, 2.45) is 5.84 Å². The van der Waals surface area contributed by atoms with Gasteiger partial charge in [0.1, 0.15) is 0 Å². The number of hydrazine groups is 1. The van der Waals surface area contributed by atoms with Crippen molar-refractivity contribution in [1.29, 1.82) is 0 Å². The van der Waals surface area contributed by atoms with E-state index in [0.29, 0.717) is 4.90 Å². The van der Waals surface area contributed by atoms with Crippen molar-refractivity contribution < 1.29 is 8.42 Å². The summed E-state index contributed by atoms with van der Waals surface area (Å²) in [6.45, 7) is 2.11. The van der Waals surface area contributed by atoms with Gasteiger partial charge >= 0.3 is 0 Å². The molecular weight excluding hydrogens is 236 g/mol. The Morgan fingerprint density at radius 2 is 2.12 bits per heavy atom. The summed E-state index contributed by atoms with van der Waals surface area (Å²) in [7, 11) is -3.16. The van der Waals surface area contributed by atoms with Gasteiger partial charge in [-0.1, -0.05) is 31.9 Å². The first-order valence-electron chi connectivity index (χ1n) is 5.75. The van der Waals surface area contributed by atoms with E-state index < -0.39 is 9.84 Å². The lowest BCUT2D eigenvalue weighted by Crippen LogP contribution is -2.28. The lowest BCUT2D eigenvalue weighted by atomic mass is 10.0. The Labute approximate surface area is 103 Å². The molecule has 1 aromatic rings. The fourth-order valence-corrected chi connectivity index (χ4v) is 2.39. The van der Waals surface area contributed by atoms with E-state index in [4.69, 9.17) is 5.84 Å². The molecule has 96 valence electrons. The maximum atomic E-state index is 11.5. The number of benzene rings is 1. The van der Waals surface area contributed by atoms with Gasteiger partial charge in [-0.15, -0.1) is 0 Å². The second-order valence-corrected chi connectivity index (χ2v) is 6.22. The SMILES string of the molecule is CCCCC(NN)c1cccc(S(C)(=O)=O)c1. The summed E-state index contributed by atoms with van der Waals surface area (Å²) in [6, 6.07) is 6.95. The molecule has 1 unspecified atom stereocenters. The van der Waals surface area contributed by atoms with Crippen LogP contribution in [-0.2, 0) is 9.84 Å². The topological polar surface area (TPSA) is 72.2 Å². The van der Waals surface area contributed by atoms with Crippen LogP contribution < -0.4 is 11.3 Å². The van der Waals surface area contributed by atoms with Gasteiger partial charge in [0.05, 0.1) is 4.90 Å². The standard InChI is InChI=1S/C12H20N2O2S/c1-3-4-8-12(14-13)10-6-5-7-11(9-10)17(2,15)16/h5-7,9,12,14H,3-4,8,13H2,1-2H3. The molecule has 4 nitrogen and oxygen atoms in total. The zero-order valence-corrected chi connectivity index (χ0v) is 11.1. The third kappa shape index (κ3) is 4.11. The van der Waals surface area contributed by atoms with Crippen LogP contribution in [0.2, 0.25) is 0 Å². The van der Waals surface area contributed by atoms with Gasteiger partial charge < -0.3 is 0 Å². The molecule has 3 N–H and O–H groups in total. The average Bonchev–Trinajstić information content (AvgIpc) is 2.29. The van der Waals surface area contributed by atoms with Crippen LogP contribution in [0.25, 0.3) is 0 Å². The van der Waals surface area contributed by atoms with Crippen LogP contribution in [0.5, 0.6) is 0 Å². The summed E-state index contributed by atoms with van der Waals surface area (Å²) in [6.07, 6.45) is 4.26. The Balaban J connectivity index is 2.97. The molecular formula is C12H20N2O2S. The number of nitrogens with one attached hydrogen (secondary N) is 1. The van der Waals surface area contributed by atoms with Gasteiger partial charge in [0.25, 0.3) is 0 Å². The number of hydrogen-bond donors (Lipinski definition) is 2. The van der Waals surface area contributed by atoms with E-state index in [1.807, 2.05) is 6.07 Å². The second-order valence-electron chi connectivity index (χ2n) is 4.21. The highest BCUT2D eigenvalue weighted by atomic mass is 32.2. The van der Waals surface area contributed by atoms with Crippen LogP contribution in [0.3, 0.4) is 0 Å². The first-order valence-corrected chi connectivity index (χ1v) is 7.64. The molecule has 0 spiro atoms. The van der Waals surface area contributed by atoms with E-state index in [1.165, 1.54) is 6.26 Å². The quantitative estimate of drug-likeness (QED) is 0.601. The summed E-state index contributed by atoms with van der Waals surface area (Å²) in [4.78, 5) is 0.340. The number of sulfone groups is 1.